The smallest absolute Gasteiger partial charge is 0.338 e. The van der Waals surface area contributed by atoms with Gasteiger partial charge in [0.2, 0.25) is 0 Å². The van der Waals surface area contributed by atoms with Gasteiger partial charge in [0.1, 0.15) is 36.2 Å². The summed E-state index contributed by atoms with van der Waals surface area (Å²) in [7, 11) is 0. The van der Waals surface area contributed by atoms with Crippen molar-refractivity contribution in [3.63, 3.8) is 0 Å². The van der Waals surface area contributed by atoms with Crippen LogP contribution in [0.2, 0.25) is 0 Å². The third-order valence-electron chi connectivity index (χ3n) is 6.04. The zero-order valence-electron chi connectivity index (χ0n) is 26.7. The minimum Gasteiger partial charge on any atom is -0.490 e. The lowest BCUT2D eigenvalue weighted by Gasteiger charge is -2.15. The van der Waals surface area contributed by atoms with Crippen LogP contribution < -0.4 is 18.9 Å². The Morgan fingerprint density at radius 2 is 1.09 bits per heavy atom. The Morgan fingerprint density at radius 3 is 1.64 bits per heavy atom. The van der Waals surface area contributed by atoms with Crippen LogP contribution in [0.1, 0.15) is 38.8 Å². The lowest BCUT2D eigenvalue weighted by molar-refractivity contribution is -0.139. The molecule has 0 heterocycles. The van der Waals surface area contributed by atoms with Crippen molar-refractivity contribution in [3.8, 4) is 46.0 Å². The molecule has 0 unspecified atom stereocenters. The van der Waals surface area contributed by atoms with Gasteiger partial charge >= 0.3 is 23.9 Å². The van der Waals surface area contributed by atoms with Crippen molar-refractivity contribution >= 4 is 23.9 Å². The molecule has 9 nitrogen and oxygen atoms in total. The van der Waals surface area contributed by atoms with Gasteiger partial charge in [-0.3, -0.25) is 0 Å². The summed E-state index contributed by atoms with van der Waals surface area (Å²) in [6.45, 7) is 20.8. The van der Waals surface area contributed by atoms with E-state index in [0.717, 1.165) is 0 Å². The van der Waals surface area contributed by atoms with Crippen LogP contribution in [-0.2, 0) is 23.9 Å². The van der Waals surface area contributed by atoms with Crippen molar-refractivity contribution < 1.29 is 42.9 Å². The van der Waals surface area contributed by atoms with E-state index >= 15 is 0 Å². The van der Waals surface area contributed by atoms with Crippen molar-refractivity contribution in [2.75, 3.05) is 13.2 Å². The van der Waals surface area contributed by atoms with Crippen LogP contribution in [0.15, 0.2) is 109 Å². The molecule has 0 spiro atoms. The summed E-state index contributed by atoms with van der Waals surface area (Å²) in [5.74, 6) is 4.62. The van der Waals surface area contributed by atoms with Gasteiger partial charge in [0.25, 0.3) is 0 Å². The standard InChI is InChI=1S/C38H34O9/c1-23(2)35(39)44-20-19-43-30-15-10-27(11-16-30)9-12-29-21-34(47-38(42)26(7)8)32(22-33(29)46-37(41)25(5)6)28-13-17-31(18-14-28)45-36(40)24(3)4/h10-11,13-18,21-22H,1,3,5,7,19-20H2,2,4,6,8H3. The van der Waals surface area contributed by atoms with E-state index in [9.17, 15) is 19.2 Å². The highest BCUT2D eigenvalue weighted by Gasteiger charge is 2.19. The lowest BCUT2D eigenvalue weighted by atomic mass is 10.0. The van der Waals surface area contributed by atoms with Crippen LogP contribution in [0, 0.1) is 11.8 Å². The normalized spacial score (nSPS) is 9.96. The molecule has 0 N–H and O–H groups in total. The van der Waals surface area contributed by atoms with E-state index in [1.54, 1.807) is 55.5 Å². The van der Waals surface area contributed by atoms with Gasteiger partial charge in [0.15, 0.2) is 0 Å². The molecule has 3 aromatic carbocycles. The summed E-state index contributed by atoms with van der Waals surface area (Å²) in [5.41, 5.74) is 2.68. The minimum absolute atomic E-state index is 0.0693. The van der Waals surface area contributed by atoms with E-state index in [1.807, 2.05) is 0 Å². The van der Waals surface area contributed by atoms with Crippen molar-refractivity contribution in [2.45, 2.75) is 27.7 Å². The third-order valence-corrected chi connectivity index (χ3v) is 6.04. The Bertz CT molecular complexity index is 1820. The minimum atomic E-state index is -0.678. The molecule has 3 rings (SSSR count). The van der Waals surface area contributed by atoms with E-state index in [0.29, 0.717) is 28.0 Å². The van der Waals surface area contributed by atoms with Crippen molar-refractivity contribution in [3.05, 3.63) is 120 Å². The first kappa shape index (κ1) is 35.3. The molecule has 0 atom stereocenters. The largest absolute Gasteiger partial charge is 0.490 e. The quantitative estimate of drug-likeness (QED) is 0.0706. The van der Waals surface area contributed by atoms with E-state index in [1.165, 1.54) is 32.9 Å². The Hall–Kier alpha value is -6.14. The van der Waals surface area contributed by atoms with Gasteiger partial charge in [-0.05, 0) is 75.7 Å². The maximum Gasteiger partial charge on any atom is 0.338 e. The average Bonchev–Trinajstić information content (AvgIpc) is 3.03. The highest BCUT2D eigenvalue weighted by molar-refractivity contribution is 5.92. The predicted molar refractivity (Wildman–Crippen MR) is 177 cm³/mol. The van der Waals surface area contributed by atoms with Gasteiger partial charge in [0, 0.05) is 39.5 Å². The molecule has 3 aromatic rings. The molecule has 0 radical (unpaired) electrons. The van der Waals surface area contributed by atoms with E-state index < -0.39 is 23.9 Å². The second-order valence-electron chi connectivity index (χ2n) is 10.4. The molecule has 0 saturated carbocycles. The number of esters is 4. The Kier molecular flexibility index (Phi) is 12.2. The molecule has 0 saturated heterocycles. The second-order valence-corrected chi connectivity index (χ2v) is 10.4. The van der Waals surface area contributed by atoms with Gasteiger partial charge in [-0.15, -0.1) is 0 Å². The second kappa shape index (κ2) is 16.3. The number of hydrogen-bond acceptors (Lipinski definition) is 9. The fraction of sp³-hybridized carbons (Fsp3) is 0.158. The van der Waals surface area contributed by atoms with Crippen LogP contribution in [0.3, 0.4) is 0 Å². The van der Waals surface area contributed by atoms with Gasteiger partial charge in [-0.25, -0.2) is 19.2 Å². The van der Waals surface area contributed by atoms with Gasteiger partial charge in [-0.1, -0.05) is 50.3 Å². The summed E-state index contributed by atoms with van der Waals surface area (Å²) in [6.07, 6.45) is 0. The zero-order chi connectivity index (χ0) is 34.7. The number of ether oxygens (including phenoxy) is 5. The molecule has 0 fully saturated rings. The fourth-order valence-corrected chi connectivity index (χ4v) is 3.51. The fourth-order valence-electron chi connectivity index (χ4n) is 3.51. The summed E-state index contributed by atoms with van der Waals surface area (Å²) in [5, 5.41) is 0. The number of benzene rings is 3. The zero-order valence-corrected chi connectivity index (χ0v) is 26.7. The molecule has 0 bridgehead atoms. The first-order valence-electron chi connectivity index (χ1n) is 14.2. The van der Waals surface area contributed by atoms with Crippen LogP contribution in [0.25, 0.3) is 11.1 Å². The summed E-state index contributed by atoms with van der Waals surface area (Å²) >= 11 is 0. The van der Waals surface area contributed by atoms with Gasteiger partial charge in [0.05, 0.1) is 5.56 Å². The molecule has 9 heteroatoms. The highest BCUT2D eigenvalue weighted by atomic mass is 16.6. The van der Waals surface area contributed by atoms with Crippen molar-refractivity contribution in [1.29, 1.82) is 0 Å². The average molecular weight is 635 g/mol. The number of carbonyl (C=O) groups is 4. The van der Waals surface area contributed by atoms with Crippen molar-refractivity contribution in [1.82, 2.24) is 0 Å². The summed E-state index contributed by atoms with van der Waals surface area (Å²) in [4.78, 5) is 48.6. The number of hydrogen-bond donors (Lipinski definition) is 0. The molecular weight excluding hydrogens is 600 g/mol. The Morgan fingerprint density at radius 1 is 0.574 bits per heavy atom. The van der Waals surface area contributed by atoms with Crippen LogP contribution in [-0.4, -0.2) is 37.1 Å². The Balaban J connectivity index is 1.99. The Labute approximate surface area is 273 Å². The molecular formula is C38H34O9. The predicted octanol–water partition coefficient (Wildman–Crippen LogP) is 6.70. The third kappa shape index (κ3) is 10.5. The van der Waals surface area contributed by atoms with E-state index in [-0.39, 0.29) is 52.7 Å². The van der Waals surface area contributed by atoms with Crippen LogP contribution in [0.5, 0.6) is 23.0 Å². The molecule has 240 valence electrons. The van der Waals surface area contributed by atoms with Crippen LogP contribution >= 0.6 is 0 Å². The highest BCUT2D eigenvalue weighted by Crippen LogP contribution is 2.37. The van der Waals surface area contributed by atoms with Gasteiger partial charge < -0.3 is 23.7 Å². The SMILES string of the molecule is C=C(C)C(=O)OCCOc1ccc(C#Cc2cc(OC(=O)C(=C)C)c(-c3ccc(OC(=O)C(=C)C)cc3)cc2OC(=O)C(=C)C)cc1. The van der Waals surface area contributed by atoms with E-state index in [2.05, 4.69) is 38.2 Å². The molecule has 0 aliphatic heterocycles. The first-order valence-corrected chi connectivity index (χ1v) is 14.2. The van der Waals surface area contributed by atoms with Crippen LogP contribution in [0.4, 0.5) is 0 Å². The first-order chi connectivity index (χ1) is 22.2. The van der Waals surface area contributed by atoms with Gasteiger partial charge in [-0.2, -0.15) is 0 Å². The number of rotatable bonds is 12. The summed E-state index contributed by atoms with van der Waals surface area (Å²) in [6, 6.07) is 16.3. The van der Waals surface area contributed by atoms with Crippen molar-refractivity contribution in [2.24, 2.45) is 0 Å². The number of carbonyl (C=O) groups excluding carboxylic acids is 4. The van der Waals surface area contributed by atoms with E-state index in [4.69, 9.17) is 23.7 Å². The molecule has 0 aliphatic carbocycles. The molecule has 0 aromatic heterocycles. The monoisotopic (exact) mass is 634 g/mol. The molecule has 0 amide bonds. The molecule has 47 heavy (non-hydrogen) atoms. The topological polar surface area (TPSA) is 114 Å². The maximum absolute atomic E-state index is 12.6. The molecule has 0 aliphatic rings. The maximum atomic E-state index is 12.6. The lowest BCUT2D eigenvalue weighted by Crippen LogP contribution is -2.12. The summed E-state index contributed by atoms with van der Waals surface area (Å²) < 4.78 is 27.2.